The average Bonchev–Trinajstić information content (AvgIpc) is 3.44. The number of benzene rings is 2. The molecule has 4 rings (SSSR count). The fraction of sp³-hybridized carbons (Fsp3) is 0.512. The van der Waals surface area contributed by atoms with Crippen molar-refractivity contribution in [3.05, 3.63) is 101 Å². The normalized spacial score (nSPS) is 16.4. The number of carbonyl (C=O) groups excluding carboxylic acids is 3. The number of nitrogens with zero attached hydrogens (tertiary/aromatic N) is 3. The monoisotopic (exact) mass is 772 g/mol. The third kappa shape index (κ3) is 12.2. The summed E-state index contributed by atoms with van der Waals surface area (Å²) in [5.41, 5.74) is 0.306. The largest absolute Gasteiger partial charge is 0.465 e. The molecule has 0 spiro atoms. The Bertz CT molecular complexity index is 1790. The lowest BCUT2D eigenvalue weighted by molar-refractivity contribution is -0.130. The average molecular weight is 773 g/mol. The third-order valence-electron chi connectivity index (χ3n) is 9.98. The van der Waals surface area contributed by atoms with E-state index in [4.69, 9.17) is 0 Å². The van der Waals surface area contributed by atoms with E-state index in [1.54, 1.807) is 62.6 Å². The fourth-order valence-electron chi connectivity index (χ4n) is 7.14. The molecule has 56 heavy (non-hydrogen) atoms. The molecule has 3 aromatic rings. The third-order valence-corrected chi connectivity index (χ3v) is 9.98. The van der Waals surface area contributed by atoms with Gasteiger partial charge in [0.1, 0.15) is 17.7 Å². The van der Waals surface area contributed by atoms with Crippen molar-refractivity contribution in [2.24, 2.45) is 10.8 Å². The second-order valence-electron chi connectivity index (χ2n) is 17.5. The summed E-state index contributed by atoms with van der Waals surface area (Å²) in [6, 6.07) is 20.5. The predicted octanol–water partition coefficient (Wildman–Crippen LogP) is 4.85. The molecule has 0 radical (unpaired) electrons. The first-order chi connectivity index (χ1) is 26.1. The molecule has 1 aliphatic rings. The van der Waals surface area contributed by atoms with Crippen LogP contribution in [0, 0.1) is 10.8 Å². The molecule has 2 aromatic carbocycles. The number of hydrogen-bond donors (Lipinski definition) is 6. The maximum absolute atomic E-state index is 14.5. The first kappa shape index (κ1) is 43.7. The van der Waals surface area contributed by atoms with Crippen LogP contribution in [0.25, 0.3) is 0 Å². The van der Waals surface area contributed by atoms with Gasteiger partial charge in [-0.3, -0.25) is 14.6 Å². The number of aliphatic hydroxyl groups is 2. The van der Waals surface area contributed by atoms with Gasteiger partial charge in [0.15, 0.2) is 0 Å². The van der Waals surface area contributed by atoms with Gasteiger partial charge in [-0.05, 0) is 67.2 Å². The van der Waals surface area contributed by atoms with Gasteiger partial charge in [0.25, 0.3) is 0 Å². The molecule has 0 saturated carbocycles. The quantitative estimate of drug-likeness (QED) is 0.119. The van der Waals surface area contributed by atoms with Crippen LogP contribution in [0.15, 0.2) is 78.9 Å². The molecule has 5 amide bonds. The molecule has 0 unspecified atom stereocenters. The van der Waals surface area contributed by atoms with Gasteiger partial charge in [-0.1, -0.05) is 108 Å². The minimum absolute atomic E-state index is 0.0467. The summed E-state index contributed by atoms with van der Waals surface area (Å²) >= 11 is 0. The highest BCUT2D eigenvalue weighted by molar-refractivity contribution is 5.89. The standard InChI is InChI=1S/C43H60N6O7/c1-41(2,3)35(47-39(53)54)37(51)46-32(25-29-18-13-10-14-19-29)33(50)26-31(24-28-16-11-9-12-17-28)45-38(52)36(42(4,5)6)49-23-22-48(40(49)55)27-30-20-15-21-34(44-30)43(7,8)56/h9-21,31-33,35-36,47,50,56H,22-27H2,1-8H3,(H,45,52)(H,46,51)(H,53,54)/t31-,32-,33+,35+,36+/m0/s1. The second kappa shape index (κ2) is 18.3. The SMILES string of the molecule is CC(C)(O)c1cccc(CN2CCN([C@H](C(=O)N[C@@H](Cc3ccccc3)C[C@@H](O)[C@H](Cc3ccccc3)NC(=O)[C@@H](NC(=O)O)C(C)(C)C)C(C)(C)C)C2=O)n1. The molecular formula is C43H60N6O7. The van der Waals surface area contributed by atoms with Crippen LogP contribution in [-0.4, -0.2) is 97.4 Å². The highest BCUT2D eigenvalue weighted by Crippen LogP contribution is 2.29. The first-order valence-corrected chi connectivity index (χ1v) is 19.2. The van der Waals surface area contributed by atoms with E-state index in [0.717, 1.165) is 11.1 Å². The van der Waals surface area contributed by atoms with E-state index in [2.05, 4.69) is 20.9 Å². The summed E-state index contributed by atoms with van der Waals surface area (Å²) < 4.78 is 0. The second-order valence-corrected chi connectivity index (χ2v) is 17.5. The Balaban J connectivity index is 1.59. The highest BCUT2D eigenvalue weighted by Gasteiger charge is 2.44. The smallest absolute Gasteiger partial charge is 0.405 e. The van der Waals surface area contributed by atoms with Crippen LogP contribution in [0.5, 0.6) is 0 Å². The molecule has 1 saturated heterocycles. The molecule has 2 heterocycles. The zero-order chi connectivity index (χ0) is 41.4. The Morgan fingerprint density at radius 2 is 1.34 bits per heavy atom. The molecule has 304 valence electrons. The number of amides is 5. The van der Waals surface area contributed by atoms with Gasteiger partial charge >= 0.3 is 12.1 Å². The predicted molar refractivity (Wildman–Crippen MR) is 214 cm³/mol. The molecule has 13 nitrogen and oxygen atoms in total. The highest BCUT2D eigenvalue weighted by atomic mass is 16.4. The number of aliphatic hydroxyl groups excluding tert-OH is 1. The van der Waals surface area contributed by atoms with E-state index in [0.29, 0.717) is 30.9 Å². The molecule has 1 aliphatic heterocycles. The van der Waals surface area contributed by atoms with Gasteiger partial charge in [0.05, 0.1) is 30.1 Å². The summed E-state index contributed by atoms with van der Waals surface area (Å²) in [6.45, 7) is 15.2. The van der Waals surface area contributed by atoms with Crippen molar-refractivity contribution >= 4 is 23.9 Å². The van der Waals surface area contributed by atoms with E-state index in [1.807, 2.05) is 81.4 Å². The van der Waals surface area contributed by atoms with E-state index < -0.39 is 58.7 Å². The van der Waals surface area contributed by atoms with Gasteiger partial charge in [0.2, 0.25) is 11.8 Å². The number of nitrogens with one attached hydrogen (secondary N) is 3. The molecule has 1 fully saturated rings. The van der Waals surface area contributed by atoms with Crippen molar-refractivity contribution in [2.75, 3.05) is 13.1 Å². The van der Waals surface area contributed by atoms with Crippen LogP contribution in [0.3, 0.4) is 0 Å². The molecule has 13 heteroatoms. The van der Waals surface area contributed by atoms with Crippen molar-refractivity contribution < 1.29 is 34.5 Å². The van der Waals surface area contributed by atoms with E-state index in [-0.39, 0.29) is 31.3 Å². The Kier molecular flexibility index (Phi) is 14.3. The lowest BCUT2D eigenvalue weighted by Gasteiger charge is -2.38. The van der Waals surface area contributed by atoms with E-state index in [1.165, 1.54) is 0 Å². The summed E-state index contributed by atoms with van der Waals surface area (Å²) in [4.78, 5) is 61.6. The topological polar surface area (TPSA) is 184 Å². The van der Waals surface area contributed by atoms with Gasteiger partial charge < -0.3 is 41.1 Å². The number of carbonyl (C=O) groups is 4. The maximum atomic E-state index is 14.5. The molecule has 6 N–H and O–H groups in total. The lowest BCUT2D eigenvalue weighted by Crippen LogP contribution is -2.59. The fourth-order valence-corrected chi connectivity index (χ4v) is 7.14. The van der Waals surface area contributed by atoms with Gasteiger partial charge in [-0.2, -0.15) is 0 Å². The van der Waals surface area contributed by atoms with Crippen LogP contribution >= 0.6 is 0 Å². The Morgan fingerprint density at radius 1 is 0.750 bits per heavy atom. The van der Waals surface area contributed by atoms with Gasteiger partial charge in [-0.25, -0.2) is 9.59 Å². The Labute approximate surface area is 330 Å². The summed E-state index contributed by atoms with van der Waals surface area (Å²) in [5, 5.41) is 40.4. The van der Waals surface area contributed by atoms with Gasteiger partial charge in [-0.15, -0.1) is 0 Å². The van der Waals surface area contributed by atoms with Crippen LogP contribution in [-0.2, 0) is 34.6 Å². The Hall–Kier alpha value is -5.01. The van der Waals surface area contributed by atoms with Crippen molar-refractivity contribution in [3.8, 4) is 0 Å². The van der Waals surface area contributed by atoms with Crippen LogP contribution in [0.2, 0.25) is 0 Å². The number of hydrogen-bond acceptors (Lipinski definition) is 7. The summed E-state index contributed by atoms with van der Waals surface area (Å²) in [6.07, 6.45) is -1.84. The zero-order valence-corrected chi connectivity index (χ0v) is 34.0. The number of pyridine rings is 1. The summed E-state index contributed by atoms with van der Waals surface area (Å²) in [5.74, 6) is -0.944. The van der Waals surface area contributed by atoms with E-state index in [9.17, 15) is 34.5 Å². The van der Waals surface area contributed by atoms with Crippen molar-refractivity contribution in [3.63, 3.8) is 0 Å². The minimum Gasteiger partial charge on any atom is -0.465 e. The maximum Gasteiger partial charge on any atom is 0.405 e. The Morgan fingerprint density at radius 3 is 1.88 bits per heavy atom. The molecule has 1 aromatic heterocycles. The van der Waals surface area contributed by atoms with Crippen molar-refractivity contribution in [2.45, 2.75) is 117 Å². The number of aromatic nitrogens is 1. The van der Waals surface area contributed by atoms with E-state index >= 15 is 0 Å². The zero-order valence-electron chi connectivity index (χ0n) is 34.0. The van der Waals surface area contributed by atoms with Crippen molar-refractivity contribution in [1.29, 1.82) is 0 Å². The molecule has 5 atom stereocenters. The first-order valence-electron chi connectivity index (χ1n) is 19.2. The van der Waals surface area contributed by atoms with Crippen molar-refractivity contribution in [1.82, 2.24) is 30.7 Å². The van der Waals surface area contributed by atoms with Crippen LogP contribution in [0.1, 0.15) is 84.3 Å². The number of carboxylic acid groups (broad SMARTS) is 1. The molecule has 0 aliphatic carbocycles. The minimum atomic E-state index is -1.34. The lowest BCUT2D eigenvalue weighted by atomic mass is 9.84. The molecular weight excluding hydrogens is 713 g/mol. The van der Waals surface area contributed by atoms with Crippen LogP contribution in [0.4, 0.5) is 9.59 Å². The summed E-state index contributed by atoms with van der Waals surface area (Å²) in [7, 11) is 0. The number of urea groups is 1. The number of rotatable bonds is 16. The van der Waals surface area contributed by atoms with Crippen LogP contribution < -0.4 is 16.0 Å². The van der Waals surface area contributed by atoms with Gasteiger partial charge in [0, 0.05) is 19.1 Å². The molecule has 0 bridgehead atoms.